The number of hydrogen-bond donors (Lipinski definition) is 2. The molecule has 3 rings (SSSR count). The molecule has 1 amide bonds. The van der Waals surface area contributed by atoms with Crippen LogP contribution < -0.4 is 11.1 Å². The van der Waals surface area contributed by atoms with Crippen LogP contribution >= 0.6 is 12.4 Å². The summed E-state index contributed by atoms with van der Waals surface area (Å²) in [4.78, 5) is 12.5. The fourth-order valence-electron chi connectivity index (χ4n) is 4.04. The van der Waals surface area contributed by atoms with Gasteiger partial charge in [0.1, 0.15) is 0 Å². The first-order chi connectivity index (χ1) is 10.7. The van der Waals surface area contributed by atoms with Gasteiger partial charge < -0.3 is 11.1 Å². The molecule has 23 heavy (non-hydrogen) atoms. The van der Waals surface area contributed by atoms with Crippen molar-refractivity contribution in [2.45, 2.75) is 75.3 Å². The zero-order chi connectivity index (χ0) is 15.4. The lowest BCUT2D eigenvalue weighted by Crippen LogP contribution is -2.57. The number of carbonyl (C=O) groups excluding carboxylic acids is 1. The highest BCUT2D eigenvalue weighted by atomic mass is 35.5. The van der Waals surface area contributed by atoms with Crippen LogP contribution in [0.4, 0.5) is 0 Å². The maximum atomic E-state index is 12.5. The van der Waals surface area contributed by atoms with E-state index in [-0.39, 0.29) is 18.3 Å². The molecule has 2 fully saturated rings. The van der Waals surface area contributed by atoms with E-state index in [9.17, 15) is 4.79 Å². The van der Waals surface area contributed by atoms with Crippen LogP contribution in [0.1, 0.15) is 69.3 Å². The average Bonchev–Trinajstić information content (AvgIpc) is 2.57. The molecule has 0 aliphatic heterocycles. The smallest absolute Gasteiger partial charge is 0.240 e. The Labute approximate surface area is 145 Å². The molecule has 128 valence electrons. The molecular formula is C19H29ClN2O. The van der Waals surface area contributed by atoms with E-state index in [1.165, 1.54) is 12.0 Å². The minimum atomic E-state index is -0.603. The third-order valence-electron chi connectivity index (χ3n) is 5.53. The van der Waals surface area contributed by atoms with Crippen molar-refractivity contribution >= 4 is 18.3 Å². The molecule has 2 aliphatic carbocycles. The average molecular weight is 337 g/mol. The van der Waals surface area contributed by atoms with Gasteiger partial charge in [-0.05, 0) is 50.0 Å². The van der Waals surface area contributed by atoms with E-state index in [4.69, 9.17) is 5.73 Å². The van der Waals surface area contributed by atoms with Gasteiger partial charge in [0, 0.05) is 6.04 Å². The van der Waals surface area contributed by atoms with Gasteiger partial charge in [-0.25, -0.2) is 0 Å². The summed E-state index contributed by atoms with van der Waals surface area (Å²) in [5, 5.41) is 3.24. The SMILES string of the molecule is Cl.NC1(C(=O)NC2CCC(c3ccccc3)CC2)CCCCC1. The zero-order valence-corrected chi connectivity index (χ0v) is 14.6. The highest BCUT2D eigenvalue weighted by Gasteiger charge is 2.36. The van der Waals surface area contributed by atoms with Crippen molar-refractivity contribution in [1.29, 1.82) is 0 Å². The topological polar surface area (TPSA) is 55.1 Å². The second kappa shape index (κ2) is 8.16. The number of halogens is 1. The van der Waals surface area contributed by atoms with Crippen LogP contribution in [0.5, 0.6) is 0 Å². The zero-order valence-electron chi connectivity index (χ0n) is 13.8. The van der Waals surface area contributed by atoms with Gasteiger partial charge in [0.25, 0.3) is 0 Å². The Morgan fingerprint density at radius 1 is 1.00 bits per heavy atom. The Kier molecular flexibility index (Phi) is 6.49. The van der Waals surface area contributed by atoms with E-state index in [2.05, 4.69) is 35.6 Å². The highest BCUT2D eigenvalue weighted by Crippen LogP contribution is 2.33. The number of benzene rings is 1. The molecule has 0 spiro atoms. The molecule has 0 saturated heterocycles. The van der Waals surface area contributed by atoms with Crippen molar-refractivity contribution in [3.63, 3.8) is 0 Å². The van der Waals surface area contributed by atoms with Gasteiger partial charge in [0.05, 0.1) is 5.54 Å². The van der Waals surface area contributed by atoms with Gasteiger partial charge in [-0.15, -0.1) is 12.4 Å². The van der Waals surface area contributed by atoms with Crippen molar-refractivity contribution in [3.05, 3.63) is 35.9 Å². The first kappa shape index (κ1) is 18.3. The summed E-state index contributed by atoms with van der Waals surface area (Å²) in [6, 6.07) is 11.1. The second-order valence-corrected chi connectivity index (χ2v) is 7.15. The van der Waals surface area contributed by atoms with Crippen molar-refractivity contribution in [2.75, 3.05) is 0 Å². The summed E-state index contributed by atoms with van der Waals surface area (Å²) in [6.45, 7) is 0. The fraction of sp³-hybridized carbons (Fsp3) is 0.632. The molecule has 1 aromatic carbocycles. The van der Waals surface area contributed by atoms with Gasteiger partial charge in [-0.1, -0.05) is 49.6 Å². The molecule has 0 radical (unpaired) electrons. The third-order valence-corrected chi connectivity index (χ3v) is 5.53. The van der Waals surface area contributed by atoms with Gasteiger partial charge >= 0.3 is 0 Å². The van der Waals surface area contributed by atoms with Gasteiger partial charge in [-0.3, -0.25) is 4.79 Å². The number of rotatable bonds is 3. The lowest BCUT2D eigenvalue weighted by molar-refractivity contribution is -0.128. The normalized spacial score (nSPS) is 26.8. The van der Waals surface area contributed by atoms with Gasteiger partial charge in [-0.2, -0.15) is 0 Å². The van der Waals surface area contributed by atoms with Crippen molar-refractivity contribution < 1.29 is 4.79 Å². The Balaban J connectivity index is 0.00000192. The van der Waals surface area contributed by atoms with E-state index >= 15 is 0 Å². The van der Waals surface area contributed by atoms with Crippen LogP contribution in [0, 0.1) is 0 Å². The van der Waals surface area contributed by atoms with E-state index in [0.717, 1.165) is 51.4 Å². The Hall–Kier alpha value is -1.06. The summed E-state index contributed by atoms with van der Waals surface area (Å²) in [5.74, 6) is 0.742. The van der Waals surface area contributed by atoms with Crippen LogP contribution in [0.2, 0.25) is 0 Å². The summed E-state index contributed by atoms with van der Waals surface area (Å²) >= 11 is 0. The molecule has 1 aromatic rings. The third kappa shape index (κ3) is 4.48. The molecule has 4 heteroatoms. The second-order valence-electron chi connectivity index (χ2n) is 7.15. The largest absolute Gasteiger partial charge is 0.352 e. The molecule has 0 heterocycles. The van der Waals surface area contributed by atoms with Crippen molar-refractivity contribution in [3.8, 4) is 0 Å². The lowest BCUT2D eigenvalue weighted by Gasteiger charge is -2.35. The summed E-state index contributed by atoms with van der Waals surface area (Å²) < 4.78 is 0. The number of nitrogens with two attached hydrogens (primary N) is 1. The minimum Gasteiger partial charge on any atom is -0.352 e. The van der Waals surface area contributed by atoms with Gasteiger partial charge in [0.15, 0.2) is 0 Å². The number of carbonyl (C=O) groups is 1. The molecule has 2 aliphatic rings. The molecule has 3 N–H and O–H groups in total. The van der Waals surface area contributed by atoms with Gasteiger partial charge in [0.2, 0.25) is 5.91 Å². The minimum absolute atomic E-state index is 0. The predicted molar refractivity (Wildman–Crippen MR) is 96.8 cm³/mol. The monoisotopic (exact) mass is 336 g/mol. The Bertz CT molecular complexity index is 491. The molecular weight excluding hydrogens is 308 g/mol. The van der Waals surface area contributed by atoms with Crippen LogP contribution in [0.25, 0.3) is 0 Å². The molecule has 0 aromatic heterocycles. The van der Waals surface area contributed by atoms with Crippen LogP contribution in [0.3, 0.4) is 0 Å². The number of hydrogen-bond acceptors (Lipinski definition) is 2. The van der Waals surface area contributed by atoms with Crippen molar-refractivity contribution in [2.24, 2.45) is 5.73 Å². The molecule has 0 bridgehead atoms. The lowest BCUT2D eigenvalue weighted by atomic mass is 9.79. The Morgan fingerprint density at radius 3 is 2.22 bits per heavy atom. The standard InChI is InChI=1S/C19H28N2O.ClH/c20-19(13-5-2-6-14-19)18(22)21-17-11-9-16(10-12-17)15-7-3-1-4-8-15;/h1,3-4,7-8,16-17H,2,5-6,9-14,20H2,(H,21,22);1H. The van der Waals surface area contributed by atoms with Crippen LogP contribution in [-0.4, -0.2) is 17.5 Å². The van der Waals surface area contributed by atoms with E-state index in [1.54, 1.807) is 0 Å². The van der Waals surface area contributed by atoms with Crippen molar-refractivity contribution in [1.82, 2.24) is 5.32 Å². The molecule has 2 saturated carbocycles. The maximum absolute atomic E-state index is 12.5. The summed E-state index contributed by atoms with van der Waals surface area (Å²) in [6.07, 6.45) is 9.54. The maximum Gasteiger partial charge on any atom is 0.240 e. The van der Waals surface area contributed by atoms with E-state index in [1.807, 2.05) is 0 Å². The number of amides is 1. The quantitative estimate of drug-likeness (QED) is 0.879. The highest BCUT2D eigenvalue weighted by molar-refractivity contribution is 5.86. The Morgan fingerprint density at radius 2 is 1.61 bits per heavy atom. The van der Waals surface area contributed by atoms with E-state index < -0.39 is 5.54 Å². The summed E-state index contributed by atoms with van der Waals surface area (Å²) in [5.41, 5.74) is 7.16. The fourth-order valence-corrected chi connectivity index (χ4v) is 4.04. The predicted octanol–water partition coefficient (Wildman–Crippen LogP) is 3.91. The molecule has 0 unspecified atom stereocenters. The molecule has 3 nitrogen and oxygen atoms in total. The first-order valence-electron chi connectivity index (χ1n) is 8.82. The first-order valence-corrected chi connectivity index (χ1v) is 8.82. The van der Waals surface area contributed by atoms with E-state index in [0.29, 0.717) is 12.0 Å². The van der Waals surface area contributed by atoms with Crippen LogP contribution in [0.15, 0.2) is 30.3 Å². The summed E-state index contributed by atoms with van der Waals surface area (Å²) in [7, 11) is 0. The number of nitrogens with one attached hydrogen (secondary N) is 1. The molecule has 0 atom stereocenters. The van der Waals surface area contributed by atoms with Crippen LogP contribution in [-0.2, 0) is 4.79 Å².